The summed E-state index contributed by atoms with van der Waals surface area (Å²) in [5.74, 6) is -0.338. The molecule has 2 aromatic carbocycles. The van der Waals surface area contributed by atoms with Gasteiger partial charge >= 0.3 is 0 Å². The molecule has 0 aromatic heterocycles. The predicted molar refractivity (Wildman–Crippen MR) is 125 cm³/mol. The largest absolute Gasteiger partial charge is 0.385 e. The lowest BCUT2D eigenvalue weighted by Gasteiger charge is -2.49. The second-order valence-corrected chi connectivity index (χ2v) is 8.64. The smallest absolute Gasteiger partial charge is 0.269 e. The maximum absolute atomic E-state index is 13.2. The van der Waals surface area contributed by atoms with E-state index in [0.717, 1.165) is 36.4 Å². The molecule has 2 aromatic rings. The number of hydrogen-bond acceptors (Lipinski definition) is 6. The number of hydrogen-bond donors (Lipinski definition) is 1. The van der Waals surface area contributed by atoms with Crippen molar-refractivity contribution in [1.82, 2.24) is 5.32 Å². The van der Waals surface area contributed by atoms with Crippen molar-refractivity contribution in [3.05, 3.63) is 63.2 Å². The number of ether oxygens (including phenoxy) is 1. The highest BCUT2D eigenvalue weighted by molar-refractivity contribution is 6.30. The Kier molecular flexibility index (Phi) is 6.81. The van der Waals surface area contributed by atoms with Crippen molar-refractivity contribution in [2.45, 2.75) is 18.9 Å². The SMILES string of the molecule is COCCCNC(=O)C1Cc2cc([N+](=O)[O-])ccc2N2CCN(c3cccc(Cl)c3)CC12. The molecule has 2 aliphatic rings. The first-order valence-electron chi connectivity index (χ1n) is 10.8. The van der Waals surface area contributed by atoms with Gasteiger partial charge in [-0.3, -0.25) is 14.9 Å². The van der Waals surface area contributed by atoms with E-state index in [4.69, 9.17) is 16.3 Å². The molecule has 0 spiro atoms. The van der Waals surface area contributed by atoms with Crippen molar-refractivity contribution in [3.63, 3.8) is 0 Å². The number of carbonyl (C=O) groups excluding carboxylic acids is 1. The maximum Gasteiger partial charge on any atom is 0.269 e. The third kappa shape index (κ3) is 4.66. The molecule has 9 heteroatoms. The number of nitro groups is 1. The number of nitro benzene ring substituents is 1. The summed E-state index contributed by atoms with van der Waals surface area (Å²) in [6, 6.07) is 12.7. The van der Waals surface area contributed by atoms with E-state index in [1.54, 1.807) is 19.2 Å². The number of fused-ring (bicyclic) bond motifs is 3. The van der Waals surface area contributed by atoms with Gasteiger partial charge in [0.2, 0.25) is 5.91 Å². The first-order chi connectivity index (χ1) is 15.5. The summed E-state index contributed by atoms with van der Waals surface area (Å²) in [6.07, 6.45) is 1.21. The standard InChI is InChI=1S/C23H27ClN4O4/c1-32-11-3-8-25-23(29)20-13-16-12-19(28(30)31)6-7-21(16)27-10-9-26(15-22(20)27)18-5-2-4-17(24)14-18/h2,4-7,12,14,20,22H,3,8-11,13,15H2,1H3,(H,25,29). The fourth-order valence-corrected chi connectivity index (χ4v) is 4.87. The first kappa shape index (κ1) is 22.4. The van der Waals surface area contributed by atoms with Gasteiger partial charge < -0.3 is 19.9 Å². The molecular formula is C23H27ClN4O4. The Morgan fingerprint density at radius 3 is 2.88 bits per heavy atom. The number of nitrogens with zero attached hydrogens (tertiary/aromatic N) is 3. The summed E-state index contributed by atoms with van der Waals surface area (Å²) >= 11 is 6.20. The zero-order valence-corrected chi connectivity index (χ0v) is 18.8. The molecule has 1 saturated heterocycles. The van der Waals surface area contributed by atoms with Crippen LogP contribution >= 0.6 is 11.6 Å². The molecule has 0 aliphatic carbocycles. The van der Waals surface area contributed by atoms with Gasteiger partial charge in [0.15, 0.2) is 0 Å². The predicted octanol–water partition coefficient (Wildman–Crippen LogP) is 3.27. The fraction of sp³-hybridized carbons (Fsp3) is 0.435. The lowest BCUT2D eigenvalue weighted by molar-refractivity contribution is -0.384. The molecule has 8 nitrogen and oxygen atoms in total. The molecule has 0 saturated carbocycles. The number of carbonyl (C=O) groups is 1. The number of piperazine rings is 1. The fourth-order valence-electron chi connectivity index (χ4n) is 4.69. The summed E-state index contributed by atoms with van der Waals surface area (Å²) in [6.45, 7) is 3.28. The number of anilines is 2. The monoisotopic (exact) mass is 458 g/mol. The van der Waals surface area contributed by atoms with Gasteiger partial charge in [-0.05, 0) is 42.7 Å². The molecule has 170 valence electrons. The summed E-state index contributed by atoms with van der Waals surface area (Å²) in [7, 11) is 1.64. The molecule has 2 heterocycles. The Morgan fingerprint density at radius 2 is 2.12 bits per heavy atom. The maximum atomic E-state index is 13.2. The summed E-state index contributed by atoms with van der Waals surface area (Å²) < 4.78 is 5.07. The van der Waals surface area contributed by atoms with Crippen LogP contribution in [0.5, 0.6) is 0 Å². The van der Waals surface area contributed by atoms with Crippen molar-refractivity contribution in [2.24, 2.45) is 5.92 Å². The number of benzene rings is 2. The third-order valence-electron chi connectivity index (χ3n) is 6.24. The second-order valence-electron chi connectivity index (χ2n) is 8.20. The summed E-state index contributed by atoms with van der Waals surface area (Å²) in [4.78, 5) is 28.6. The molecule has 2 unspecified atom stereocenters. The Hall–Kier alpha value is -2.84. The van der Waals surface area contributed by atoms with Crippen LogP contribution in [0.3, 0.4) is 0 Å². The molecule has 4 rings (SSSR count). The van der Waals surface area contributed by atoms with E-state index >= 15 is 0 Å². The molecule has 2 aliphatic heterocycles. The zero-order chi connectivity index (χ0) is 22.7. The molecule has 1 amide bonds. The van der Waals surface area contributed by atoms with E-state index < -0.39 is 0 Å². The second kappa shape index (κ2) is 9.75. The van der Waals surface area contributed by atoms with Crippen LogP contribution in [-0.2, 0) is 16.0 Å². The number of methoxy groups -OCH3 is 1. The van der Waals surface area contributed by atoms with Crippen LogP contribution in [0.15, 0.2) is 42.5 Å². The van der Waals surface area contributed by atoms with Gasteiger partial charge in [-0.1, -0.05) is 17.7 Å². The van der Waals surface area contributed by atoms with Crippen LogP contribution in [0.25, 0.3) is 0 Å². The van der Waals surface area contributed by atoms with Gasteiger partial charge in [0.1, 0.15) is 0 Å². The average molecular weight is 459 g/mol. The number of halogens is 1. The Labute approximate surface area is 192 Å². The van der Waals surface area contributed by atoms with Crippen molar-refractivity contribution < 1.29 is 14.5 Å². The van der Waals surface area contributed by atoms with E-state index in [9.17, 15) is 14.9 Å². The van der Waals surface area contributed by atoms with E-state index in [2.05, 4.69) is 15.1 Å². The molecular weight excluding hydrogens is 432 g/mol. The lowest BCUT2D eigenvalue weighted by Crippen LogP contribution is -2.61. The third-order valence-corrected chi connectivity index (χ3v) is 6.48. The molecule has 0 radical (unpaired) electrons. The van der Waals surface area contributed by atoms with Gasteiger partial charge in [0.05, 0.1) is 16.9 Å². The molecule has 32 heavy (non-hydrogen) atoms. The van der Waals surface area contributed by atoms with E-state index in [-0.39, 0.29) is 28.5 Å². The Balaban J connectivity index is 1.61. The van der Waals surface area contributed by atoms with Crippen LogP contribution in [0.4, 0.5) is 17.1 Å². The van der Waals surface area contributed by atoms with Crippen LogP contribution in [0.2, 0.25) is 5.02 Å². The molecule has 1 fully saturated rings. The zero-order valence-electron chi connectivity index (χ0n) is 18.0. The average Bonchev–Trinajstić information content (AvgIpc) is 2.80. The number of nitrogens with one attached hydrogen (secondary N) is 1. The van der Waals surface area contributed by atoms with Crippen LogP contribution in [-0.4, -0.2) is 56.8 Å². The first-order valence-corrected chi connectivity index (χ1v) is 11.2. The number of non-ortho nitro benzene ring substituents is 1. The van der Waals surface area contributed by atoms with E-state index in [1.807, 2.05) is 30.3 Å². The topological polar surface area (TPSA) is 87.9 Å². The summed E-state index contributed by atoms with van der Waals surface area (Å²) in [5.41, 5.74) is 2.92. The van der Waals surface area contributed by atoms with E-state index in [0.29, 0.717) is 31.1 Å². The minimum atomic E-state index is -0.386. The van der Waals surface area contributed by atoms with Gasteiger partial charge in [-0.25, -0.2) is 0 Å². The van der Waals surface area contributed by atoms with Crippen molar-refractivity contribution in [1.29, 1.82) is 0 Å². The minimum Gasteiger partial charge on any atom is -0.385 e. The lowest BCUT2D eigenvalue weighted by atomic mass is 9.83. The van der Waals surface area contributed by atoms with Crippen LogP contribution in [0.1, 0.15) is 12.0 Å². The van der Waals surface area contributed by atoms with Gasteiger partial charge in [0.25, 0.3) is 5.69 Å². The normalized spacial score (nSPS) is 19.8. The minimum absolute atomic E-state index is 0.0267. The Morgan fingerprint density at radius 1 is 1.28 bits per heavy atom. The van der Waals surface area contributed by atoms with Crippen molar-refractivity contribution >= 4 is 34.6 Å². The highest BCUT2D eigenvalue weighted by atomic mass is 35.5. The van der Waals surface area contributed by atoms with Crippen molar-refractivity contribution in [3.8, 4) is 0 Å². The van der Waals surface area contributed by atoms with Crippen molar-refractivity contribution in [2.75, 3.05) is 49.7 Å². The molecule has 1 N–H and O–H groups in total. The van der Waals surface area contributed by atoms with Crippen LogP contribution in [0, 0.1) is 16.0 Å². The number of amides is 1. The highest BCUT2D eigenvalue weighted by Crippen LogP contribution is 2.38. The quantitative estimate of drug-likeness (QED) is 0.389. The molecule has 0 bridgehead atoms. The van der Waals surface area contributed by atoms with Gasteiger partial charge in [-0.15, -0.1) is 0 Å². The van der Waals surface area contributed by atoms with Crippen LogP contribution < -0.4 is 15.1 Å². The molecule has 2 atom stereocenters. The highest BCUT2D eigenvalue weighted by Gasteiger charge is 2.42. The number of rotatable bonds is 7. The summed E-state index contributed by atoms with van der Waals surface area (Å²) in [5, 5.41) is 15.0. The Bertz CT molecular complexity index is 1000. The van der Waals surface area contributed by atoms with E-state index in [1.165, 1.54) is 0 Å². The van der Waals surface area contributed by atoms with Gasteiger partial charge in [0, 0.05) is 68.4 Å². The van der Waals surface area contributed by atoms with Gasteiger partial charge in [-0.2, -0.15) is 0 Å².